The first-order valence-electron chi connectivity index (χ1n) is 6.06. The number of halogens is 1. The zero-order valence-electron chi connectivity index (χ0n) is 10.9. The number of amides is 1. The number of likely N-dealkylation sites (N-methyl/N-ethyl adjacent to an activating group) is 1. The van der Waals surface area contributed by atoms with E-state index < -0.39 is 0 Å². The highest BCUT2D eigenvalue weighted by Crippen LogP contribution is 2.22. The molecule has 0 aromatic heterocycles. The summed E-state index contributed by atoms with van der Waals surface area (Å²) < 4.78 is 0. The third-order valence-corrected chi connectivity index (χ3v) is 2.83. The average Bonchev–Trinajstić information content (AvgIpc) is 2.31. The summed E-state index contributed by atoms with van der Waals surface area (Å²) in [7, 11) is 1.93. The van der Waals surface area contributed by atoms with Crippen LogP contribution in [0.15, 0.2) is 18.2 Å². The molecule has 1 aromatic rings. The Morgan fingerprint density at radius 3 is 2.89 bits per heavy atom. The number of nitrogen functional groups attached to an aromatic ring is 1. The fourth-order valence-corrected chi connectivity index (χ4v) is 1.75. The van der Waals surface area contributed by atoms with E-state index in [4.69, 9.17) is 17.3 Å². The molecule has 4 nitrogen and oxygen atoms in total. The maximum atomic E-state index is 11.8. The van der Waals surface area contributed by atoms with Crippen molar-refractivity contribution in [1.29, 1.82) is 0 Å². The largest absolute Gasteiger partial charge is 0.397 e. The third kappa shape index (κ3) is 4.94. The Labute approximate surface area is 113 Å². The molecule has 0 fully saturated rings. The number of anilines is 2. The number of carbonyl (C=O) groups excluding carboxylic acids is 1. The molecule has 18 heavy (non-hydrogen) atoms. The third-order valence-electron chi connectivity index (χ3n) is 2.60. The summed E-state index contributed by atoms with van der Waals surface area (Å²) in [6.07, 6.45) is 2.20. The summed E-state index contributed by atoms with van der Waals surface area (Å²) in [4.78, 5) is 13.8. The fourth-order valence-electron chi connectivity index (χ4n) is 1.58. The number of unbranched alkanes of at least 4 members (excludes halogenated alkanes) is 1. The fraction of sp³-hybridized carbons (Fsp3) is 0.462. The molecule has 0 bridgehead atoms. The van der Waals surface area contributed by atoms with Gasteiger partial charge in [0.1, 0.15) is 0 Å². The van der Waals surface area contributed by atoms with Gasteiger partial charge in [0, 0.05) is 5.02 Å². The van der Waals surface area contributed by atoms with Gasteiger partial charge in [-0.15, -0.1) is 0 Å². The van der Waals surface area contributed by atoms with Gasteiger partial charge in [-0.1, -0.05) is 24.9 Å². The van der Waals surface area contributed by atoms with Crippen LogP contribution >= 0.6 is 11.6 Å². The Bertz CT molecular complexity index is 409. The Hall–Kier alpha value is -1.26. The number of nitrogens with one attached hydrogen (secondary N) is 1. The first-order valence-corrected chi connectivity index (χ1v) is 6.44. The molecule has 0 saturated heterocycles. The number of nitrogens with two attached hydrogens (primary N) is 1. The number of carbonyl (C=O) groups is 1. The van der Waals surface area contributed by atoms with Crippen LogP contribution in [0, 0.1) is 0 Å². The van der Waals surface area contributed by atoms with E-state index in [1.54, 1.807) is 18.2 Å². The lowest BCUT2D eigenvalue weighted by Crippen LogP contribution is -2.31. The predicted molar refractivity (Wildman–Crippen MR) is 76.9 cm³/mol. The first-order chi connectivity index (χ1) is 8.52. The van der Waals surface area contributed by atoms with Crippen LogP contribution in [0.1, 0.15) is 19.8 Å². The molecule has 0 aliphatic heterocycles. The van der Waals surface area contributed by atoms with Crippen molar-refractivity contribution >= 4 is 28.9 Å². The van der Waals surface area contributed by atoms with Crippen molar-refractivity contribution in [3.05, 3.63) is 23.2 Å². The average molecular weight is 270 g/mol. The SMILES string of the molecule is CCCCN(C)CC(=O)Nc1cc(Cl)ccc1N. The lowest BCUT2D eigenvalue weighted by Gasteiger charge is -2.16. The van der Waals surface area contributed by atoms with E-state index in [2.05, 4.69) is 12.2 Å². The van der Waals surface area contributed by atoms with Crippen LogP contribution in [0.4, 0.5) is 11.4 Å². The second kappa shape index (κ2) is 7.24. The topological polar surface area (TPSA) is 58.4 Å². The van der Waals surface area contributed by atoms with Crippen LogP contribution < -0.4 is 11.1 Å². The van der Waals surface area contributed by atoms with Crippen molar-refractivity contribution < 1.29 is 4.79 Å². The molecule has 0 heterocycles. The van der Waals surface area contributed by atoms with E-state index >= 15 is 0 Å². The second-order valence-electron chi connectivity index (χ2n) is 4.37. The maximum absolute atomic E-state index is 11.8. The van der Waals surface area contributed by atoms with E-state index in [1.165, 1.54) is 0 Å². The first kappa shape index (κ1) is 14.8. The van der Waals surface area contributed by atoms with Crippen molar-refractivity contribution in [2.75, 3.05) is 31.2 Å². The van der Waals surface area contributed by atoms with Crippen LogP contribution in [-0.4, -0.2) is 30.9 Å². The van der Waals surface area contributed by atoms with Crippen LogP contribution in [0.25, 0.3) is 0 Å². The van der Waals surface area contributed by atoms with Gasteiger partial charge in [-0.05, 0) is 38.2 Å². The summed E-state index contributed by atoms with van der Waals surface area (Å²) >= 11 is 5.86. The molecule has 0 aliphatic rings. The lowest BCUT2D eigenvalue weighted by molar-refractivity contribution is -0.117. The summed E-state index contributed by atoms with van der Waals surface area (Å²) in [5.41, 5.74) is 6.85. The van der Waals surface area contributed by atoms with Crippen LogP contribution in [0.5, 0.6) is 0 Å². The van der Waals surface area contributed by atoms with Gasteiger partial charge in [-0.2, -0.15) is 0 Å². The van der Waals surface area contributed by atoms with Crippen LogP contribution in [-0.2, 0) is 4.79 Å². The molecule has 0 saturated carbocycles. The molecule has 0 unspecified atom stereocenters. The Kier molecular flexibility index (Phi) is 5.95. The van der Waals surface area contributed by atoms with E-state index in [-0.39, 0.29) is 5.91 Å². The zero-order valence-corrected chi connectivity index (χ0v) is 11.6. The summed E-state index contributed by atoms with van der Waals surface area (Å²) in [5, 5.41) is 3.32. The molecule has 0 radical (unpaired) electrons. The van der Waals surface area contributed by atoms with Crippen molar-refractivity contribution in [2.24, 2.45) is 0 Å². The van der Waals surface area contributed by atoms with Gasteiger partial charge in [-0.3, -0.25) is 9.69 Å². The molecular weight excluding hydrogens is 250 g/mol. The maximum Gasteiger partial charge on any atom is 0.238 e. The summed E-state index contributed by atoms with van der Waals surface area (Å²) in [6, 6.07) is 5.03. The van der Waals surface area contributed by atoms with Crippen LogP contribution in [0.3, 0.4) is 0 Å². The summed E-state index contributed by atoms with van der Waals surface area (Å²) in [6.45, 7) is 3.39. The highest BCUT2D eigenvalue weighted by molar-refractivity contribution is 6.31. The molecule has 100 valence electrons. The number of hydrogen-bond donors (Lipinski definition) is 2. The lowest BCUT2D eigenvalue weighted by atomic mass is 10.2. The van der Waals surface area contributed by atoms with Crippen LogP contribution in [0.2, 0.25) is 5.02 Å². The van der Waals surface area contributed by atoms with Gasteiger partial charge in [0.05, 0.1) is 17.9 Å². The van der Waals surface area contributed by atoms with Gasteiger partial charge >= 0.3 is 0 Å². The zero-order chi connectivity index (χ0) is 13.5. The molecule has 1 aromatic carbocycles. The number of nitrogens with zero attached hydrogens (tertiary/aromatic N) is 1. The van der Waals surface area contributed by atoms with Gasteiger partial charge in [0.15, 0.2) is 0 Å². The smallest absolute Gasteiger partial charge is 0.238 e. The van der Waals surface area contributed by atoms with Gasteiger partial charge < -0.3 is 11.1 Å². The second-order valence-corrected chi connectivity index (χ2v) is 4.81. The van der Waals surface area contributed by atoms with E-state index in [0.717, 1.165) is 19.4 Å². The highest BCUT2D eigenvalue weighted by Gasteiger charge is 2.08. The van der Waals surface area contributed by atoms with Gasteiger partial charge in [0.2, 0.25) is 5.91 Å². The minimum absolute atomic E-state index is 0.0810. The molecule has 0 aliphatic carbocycles. The number of hydrogen-bond acceptors (Lipinski definition) is 3. The predicted octanol–water partition coefficient (Wildman–Crippen LogP) is 2.59. The van der Waals surface area contributed by atoms with Crippen molar-refractivity contribution in [1.82, 2.24) is 4.90 Å². The Morgan fingerprint density at radius 2 is 2.22 bits per heavy atom. The monoisotopic (exact) mass is 269 g/mol. The van der Waals surface area contributed by atoms with E-state index in [1.807, 2.05) is 11.9 Å². The van der Waals surface area contributed by atoms with E-state index in [0.29, 0.717) is 22.9 Å². The molecule has 1 amide bonds. The quantitative estimate of drug-likeness (QED) is 0.781. The molecule has 0 spiro atoms. The minimum Gasteiger partial charge on any atom is -0.397 e. The normalized spacial score (nSPS) is 10.7. The van der Waals surface area contributed by atoms with Gasteiger partial charge in [0.25, 0.3) is 0 Å². The molecular formula is C13H20ClN3O. The Morgan fingerprint density at radius 1 is 1.50 bits per heavy atom. The molecule has 0 atom stereocenters. The van der Waals surface area contributed by atoms with Crippen molar-refractivity contribution in [3.8, 4) is 0 Å². The van der Waals surface area contributed by atoms with Crippen molar-refractivity contribution in [3.63, 3.8) is 0 Å². The summed E-state index contributed by atoms with van der Waals surface area (Å²) in [5.74, 6) is -0.0810. The minimum atomic E-state index is -0.0810. The van der Waals surface area contributed by atoms with Gasteiger partial charge in [-0.25, -0.2) is 0 Å². The number of benzene rings is 1. The Balaban J connectivity index is 2.51. The van der Waals surface area contributed by atoms with E-state index in [9.17, 15) is 4.79 Å². The standard InChI is InChI=1S/C13H20ClN3O/c1-3-4-7-17(2)9-13(18)16-12-8-10(14)5-6-11(12)15/h5-6,8H,3-4,7,9,15H2,1-2H3,(H,16,18). The molecule has 5 heteroatoms. The molecule has 1 rings (SSSR count). The molecule has 3 N–H and O–H groups in total. The number of rotatable bonds is 6. The highest BCUT2D eigenvalue weighted by atomic mass is 35.5. The van der Waals surface area contributed by atoms with Crippen molar-refractivity contribution in [2.45, 2.75) is 19.8 Å².